The van der Waals surface area contributed by atoms with Crippen molar-refractivity contribution in [1.29, 1.82) is 0 Å². The van der Waals surface area contributed by atoms with E-state index < -0.39 is 29.7 Å². The van der Waals surface area contributed by atoms with E-state index in [4.69, 9.17) is 0 Å². The molecule has 0 aliphatic heterocycles. The molecule has 0 saturated heterocycles. The summed E-state index contributed by atoms with van der Waals surface area (Å²) in [5.74, 6) is -0.849. The lowest BCUT2D eigenvalue weighted by Gasteiger charge is -2.61. The molecule has 1 fully saturated rings. The van der Waals surface area contributed by atoms with Gasteiger partial charge in [0.05, 0.1) is 5.54 Å². The standard InChI is InChI=1S/C26H29N3O3/c1-14(2)21-19(25(32)29(27-21)26(3,4)5)20-23(30)22(24(20)31)28-17-12-8-6-10-15(17)16-11-7-9-13-18(16)28/h6-14,20,22-24,27H,1-5H3/q-2. The Kier molecular flexibility index (Phi) is 4.66. The zero-order chi connectivity index (χ0) is 22.9. The number of hydrogen-bond donors (Lipinski definition) is 1. The highest BCUT2D eigenvalue weighted by Crippen LogP contribution is 2.46. The molecule has 4 aromatic rings. The fraction of sp³-hybridized carbons (Fsp3) is 0.423. The molecule has 0 amide bonds. The first kappa shape index (κ1) is 21.0. The molecule has 5 rings (SSSR count). The maximum absolute atomic E-state index is 13.6. The van der Waals surface area contributed by atoms with E-state index in [-0.39, 0.29) is 11.5 Å². The van der Waals surface area contributed by atoms with Crippen LogP contribution in [-0.2, 0) is 5.54 Å². The number of nitrogens with one attached hydrogen (secondary N) is 1. The minimum Gasteiger partial charge on any atom is -0.850 e. The van der Waals surface area contributed by atoms with Crippen molar-refractivity contribution in [3.05, 3.63) is 70.1 Å². The first-order valence-electron chi connectivity index (χ1n) is 11.3. The van der Waals surface area contributed by atoms with Gasteiger partial charge in [-0.2, -0.15) is 0 Å². The van der Waals surface area contributed by atoms with E-state index in [1.165, 1.54) is 0 Å². The number of rotatable bonds is 3. The van der Waals surface area contributed by atoms with E-state index in [9.17, 15) is 15.0 Å². The van der Waals surface area contributed by atoms with Crippen molar-refractivity contribution >= 4 is 21.8 Å². The molecule has 0 spiro atoms. The summed E-state index contributed by atoms with van der Waals surface area (Å²) in [6.07, 6.45) is -2.38. The number of aromatic amines is 1. The molecule has 2 unspecified atom stereocenters. The van der Waals surface area contributed by atoms with E-state index in [0.717, 1.165) is 21.8 Å². The molecular weight excluding hydrogens is 402 g/mol. The molecule has 2 aromatic heterocycles. The molecule has 1 saturated carbocycles. The number of hydrogen-bond acceptors (Lipinski definition) is 3. The molecule has 2 heterocycles. The molecule has 6 nitrogen and oxygen atoms in total. The van der Waals surface area contributed by atoms with Crippen LogP contribution in [0.3, 0.4) is 0 Å². The van der Waals surface area contributed by atoms with Gasteiger partial charge in [0.2, 0.25) is 0 Å². The molecule has 0 bridgehead atoms. The zero-order valence-electron chi connectivity index (χ0n) is 19.1. The van der Waals surface area contributed by atoms with Gasteiger partial charge in [0.25, 0.3) is 5.56 Å². The topological polar surface area (TPSA) is 88.8 Å². The Balaban J connectivity index is 1.65. The van der Waals surface area contributed by atoms with Crippen LogP contribution in [0, 0.1) is 0 Å². The maximum atomic E-state index is 13.6. The highest BCUT2D eigenvalue weighted by atomic mass is 16.3. The first-order chi connectivity index (χ1) is 15.1. The van der Waals surface area contributed by atoms with Gasteiger partial charge in [-0.05, 0) is 44.7 Å². The summed E-state index contributed by atoms with van der Waals surface area (Å²) in [5, 5.41) is 32.6. The van der Waals surface area contributed by atoms with Crippen molar-refractivity contribution in [2.24, 2.45) is 0 Å². The van der Waals surface area contributed by atoms with Crippen LogP contribution in [0.5, 0.6) is 0 Å². The van der Waals surface area contributed by atoms with E-state index >= 15 is 0 Å². The van der Waals surface area contributed by atoms with Crippen LogP contribution in [0.2, 0.25) is 0 Å². The SMILES string of the molecule is CC(C)c1[nH]n(C(C)(C)C)c(=O)c1C1C([O-])C(n2c3ccccc3c3ccccc32)C1[O-]. The second kappa shape index (κ2) is 7.09. The van der Waals surface area contributed by atoms with Crippen molar-refractivity contribution in [1.82, 2.24) is 14.3 Å². The largest absolute Gasteiger partial charge is 0.850 e. The highest BCUT2D eigenvalue weighted by molar-refractivity contribution is 6.08. The summed E-state index contributed by atoms with van der Waals surface area (Å²) in [5.41, 5.74) is 2.16. The van der Waals surface area contributed by atoms with Gasteiger partial charge < -0.3 is 14.8 Å². The average molecular weight is 432 g/mol. The average Bonchev–Trinajstić information content (AvgIpc) is 3.25. The third kappa shape index (κ3) is 2.82. The molecule has 1 aliphatic carbocycles. The predicted molar refractivity (Wildman–Crippen MR) is 123 cm³/mol. The number of aromatic nitrogens is 3. The third-order valence-electron chi connectivity index (χ3n) is 6.83. The second-order valence-electron chi connectivity index (χ2n) is 10.3. The Hall–Kier alpha value is -2.83. The summed E-state index contributed by atoms with van der Waals surface area (Å²) < 4.78 is 3.48. The summed E-state index contributed by atoms with van der Waals surface area (Å²) in [6.45, 7) is 9.76. The summed E-state index contributed by atoms with van der Waals surface area (Å²) in [6, 6.07) is 15.0. The van der Waals surface area contributed by atoms with Crippen molar-refractivity contribution in [3.63, 3.8) is 0 Å². The highest BCUT2D eigenvalue weighted by Gasteiger charge is 2.43. The molecule has 6 heteroatoms. The number of H-pyrrole nitrogens is 1. The summed E-state index contributed by atoms with van der Waals surface area (Å²) in [4.78, 5) is 13.3. The number of nitrogens with zero attached hydrogens (tertiary/aromatic N) is 2. The molecule has 0 radical (unpaired) electrons. The second-order valence-corrected chi connectivity index (χ2v) is 10.3. The van der Waals surface area contributed by atoms with Gasteiger partial charge in [-0.15, -0.1) is 0 Å². The van der Waals surface area contributed by atoms with Crippen LogP contribution in [0.25, 0.3) is 21.8 Å². The van der Waals surface area contributed by atoms with Gasteiger partial charge in [-0.3, -0.25) is 9.89 Å². The number of fused-ring (bicyclic) bond motifs is 3. The van der Waals surface area contributed by atoms with Gasteiger partial charge in [-0.25, -0.2) is 4.68 Å². The van der Waals surface area contributed by atoms with Crippen LogP contribution in [0.15, 0.2) is 53.3 Å². The molecule has 168 valence electrons. The Morgan fingerprint density at radius 1 is 0.906 bits per heavy atom. The van der Waals surface area contributed by atoms with Gasteiger partial charge in [0.15, 0.2) is 0 Å². The van der Waals surface area contributed by atoms with Crippen molar-refractivity contribution in [2.75, 3.05) is 0 Å². The molecule has 2 atom stereocenters. The summed E-state index contributed by atoms with van der Waals surface area (Å²) in [7, 11) is 0. The smallest absolute Gasteiger partial charge is 0.270 e. The van der Waals surface area contributed by atoms with Crippen LogP contribution in [0.4, 0.5) is 0 Å². The van der Waals surface area contributed by atoms with Crippen LogP contribution < -0.4 is 15.8 Å². The summed E-state index contributed by atoms with van der Waals surface area (Å²) >= 11 is 0. The Morgan fingerprint density at radius 2 is 1.41 bits per heavy atom. The first-order valence-corrected chi connectivity index (χ1v) is 11.3. The monoisotopic (exact) mass is 431 g/mol. The predicted octanol–water partition coefficient (Wildman–Crippen LogP) is 2.96. The van der Waals surface area contributed by atoms with Gasteiger partial charge in [0.1, 0.15) is 0 Å². The molecule has 2 aromatic carbocycles. The van der Waals surface area contributed by atoms with Crippen LogP contribution in [0.1, 0.15) is 63.8 Å². The van der Waals surface area contributed by atoms with Crippen LogP contribution in [-0.4, -0.2) is 26.6 Å². The molecule has 1 N–H and O–H groups in total. The molecule has 32 heavy (non-hydrogen) atoms. The van der Waals surface area contributed by atoms with E-state index in [1.54, 1.807) is 4.68 Å². The Labute approximate surface area is 187 Å². The third-order valence-corrected chi connectivity index (χ3v) is 6.83. The minimum atomic E-state index is -1.19. The minimum absolute atomic E-state index is 0.00740. The Morgan fingerprint density at radius 3 is 1.88 bits per heavy atom. The van der Waals surface area contributed by atoms with E-state index in [0.29, 0.717) is 11.3 Å². The number of benzene rings is 2. The fourth-order valence-electron chi connectivity index (χ4n) is 5.25. The van der Waals surface area contributed by atoms with E-state index in [1.807, 2.05) is 87.7 Å². The van der Waals surface area contributed by atoms with Crippen molar-refractivity contribution < 1.29 is 10.2 Å². The normalized spacial score (nSPS) is 23.9. The molecule has 1 aliphatic rings. The van der Waals surface area contributed by atoms with Gasteiger partial charge >= 0.3 is 0 Å². The lowest BCUT2D eigenvalue weighted by Crippen LogP contribution is -2.66. The number of para-hydroxylation sites is 2. The Bertz CT molecular complexity index is 1310. The van der Waals surface area contributed by atoms with Crippen molar-refractivity contribution in [2.45, 2.75) is 70.2 Å². The molecular formula is C26H29N3O3-2. The van der Waals surface area contributed by atoms with Crippen LogP contribution >= 0.6 is 0 Å². The van der Waals surface area contributed by atoms with Crippen molar-refractivity contribution in [3.8, 4) is 0 Å². The van der Waals surface area contributed by atoms with Gasteiger partial charge in [0, 0.05) is 39.1 Å². The lowest BCUT2D eigenvalue weighted by molar-refractivity contribution is -0.543. The maximum Gasteiger partial charge on any atom is 0.270 e. The van der Waals surface area contributed by atoms with Gasteiger partial charge in [-0.1, -0.05) is 62.5 Å². The lowest BCUT2D eigenvalue weighted by atomic mass is 9.69. The fourth-order valence-corrected chi connectivity index (χ4v) is 5.25. The van der Waals surface area contributed by atoms with E-state index in [2.05, 4.69) is 5.10 Å². The quantitative estimate of drug-likeness (QED) is 0.541. The zero-order valence-corrected chi connectivity index (χ0v) is 19.1.